The van der Waals surface area contributed by atoms with Crippen LogP contribution in [0.25, 0.3) is 0 Å². The van der Waals surface area contributed by atoms with Gasteiger partial charge in [0.25, 0.3) is 0 Å². The van der Waals surface area contributed by atoms with E-state index in [-0.39, 0.29) is 6.04 Å². The van der Waals surface area contributed by atoms with E-state index in [1.54, 1.807) is 0 Å². The molecule has 15 heavy (non-hydrogen) atoms. The van der Waals surface area contributed by atoms with Crippen molar-refractivity contribution in [3.63, 3.8) is 0 Å². The molecule has 2 aliphatic rings. The zero-order valence-electron chi connectivity index (χ0n) is 8.96. The van der Waals surface area contributed by atoms with Crippen molar-refractivity contribution in [2.24, 2.45) is 11.8 Å². The van der Waals surface area contributed by atoms with Crippen molar-refractivity contribution in [3.8, 4) is 0 Å². The molecule has 0 spiro atoms. The van der Waals surface area contributed by atoms with Crippen LogP contribution < -0.4 is 0 Å². The first-order valence-corrected chi connectivity index (χ1v) is 5.62. The van der Waals surface area contributed by atoms with E-state index in [1.807, 2.05) is 0 Å². The molecule has 0 aromatic carbocycles. The Kier molecular flexibility index (Phi) is 3.05. The summed E-state index contributed by atoms with van der Waals surface area (Å²) in [5, 5.41) is 0. The summed E-state index contributed by atoms with van der Waals surface area (Å²) in [6.07, 6.45) is -0.0453. The van der Waals surface area contributed by atoms with Gasteiger partial charge in [-0.2, -0.15) is 0 Å². The number of hydrogen-bond donors (Lipinski definition) is 0. The number of nitrogens with zero attached hydrogens (tertiary/aromatic N) is 1. The molecule has 1 heterocycles. The van der Waals surface area contributed by atoms with E-state index in [2.05, 4.69) is 11.8 Å². The topological polar surface area (TPSA) is 20.3 Å². The molecule has 0 aromatic rings. The van der Waals surface area contributed by atoms with Gasteiger partial charge in [0.05, 0.1) is 0 Å². The summed E-state index contributed by atoms with van der Waals surface area (Å²) in [5.74, 6) is 0.300. The van der Waals surface area contributed by atoms with Gasteiger partial charge in [-0.15, -0.1) is 0 Å². The Labute approximate surface area is 88.6 Å². The minimum absolute atomic E-state index is 0.223. The number of carbonyl (C=O) groups is 1. The predicted molar refractivity (Wildman–Crippen MR) is 52.9 cm³/mol. The SMILES string of the molecule is CC1CCC(=O)CC1N1CC(C(F)F)C1. The summed E-state index contributed by atoms with van der Waals surface area (Å²) in [7, 11) is 0. The number of hydrogen-bond acceptors (Lipinski definition) is 2. The summed E-state index contributed by atoms with van der Waals surface area (Å²) in [6.45, 7) is 3.06. The smallest absolute Gasteiger partial charge is 0.243 e. The van der Waals surface area contributed by atoms with Gasteiger partial charge in [-0.1, -0.05) is 6.92 Å². The van der Waals surface area contributed by atoms with Gasteiger partial charge in [-0.3, -0.25) is 9.69 Å². The molecular formula is C11H17F2NO. The Morgan fingerprint density at radius 2 is 2.07 bits per heavy atom. The third-order valence-corrected chi connectivity index (χ3v) is 3.74. The number of rotatable bonds is 2. The zero-order chi connectivity index (χ0) is 11.0. The predicted octanol–water partition coefficient (Wildman–Crippen LogP) is 1.94. The molecule has 2 rings (SSSR count). The summed E-state index contributed by atoms with van der Waals surface area (Å²) in [6, 6.07) is 0.223. The van der Waals surface area contributed by atoms with Gasteiger partial charge < -0.3 is 0 Å². The fourth-order valence-electron chi connectivity index (χ4n) is 2.59. The second-order valence-electron chi connectivity index (χ2n) is 4.87. The van der Waals surface area contributed by atoms with E-state index in [4.69, 9.17) is 0 Å². The van der Waals surface area contributed by atoms with Crippen LogP contribution in [0.4, 0.5) is 8.78 Å². The first-order chi connectivity index (χ1) is 7.08. The maximum absolute atomic E-state index is 12.3. The highest BCUT2D eigenvalue weighted by molar-refractivity contribution is 5.79. The lowest BCUT2D eigenvalue weighted by Gasteiger charge is -2.47. The first-order valence-electron chi connectivity index (χ1n) is 5.62. The molecule has 0 bridgehead atoms. The lowest BCUT2D eigenvalue weighted by molar-refractivity contribution is -0.126. The lowest BCUT2D eigenvalue weighted by Crippen LogP contribution is -2.57. The average molecular weight is 217 g/mol. The van der Waals surface area contributed by atoms with Crippen molar-refractivity contribution in [1.82, 2.24) is 4.90 Å². The number of halogens is 2. The fraction of sp³-hybridized carbons (Fsp3) is 0.909. The molecule has 4 heteroatoms. The Morgan fingerprint density at radius 1 is 1.40 bits per heavy atom. The van der Waals surface area contributed by atoms with Crippen molar-refractivity contribution >= 4 is 5.78 Å². The summed E-state index contributed by atoms with van der Waals surface area (Å²) < 4.78 is 24.6. The van der Waals surface area contributed by atoms with Gasteiger partial charge in [-0.25, -0.2) is 8.78 Å². The first kappa shape index (κ1) is 11.0. The van der Waals surface area contributed by atoms with Crippen molar-refractivity contribution in [2.45, 2.75) is 38.7 Å². The lowest BCUT2D eigenvalue weighted by atomic mass is 9.81. The van der Waals surface area contributed by atoms with Crippen LogP contribution in [0.15, 0.2) is 0 Å². The molecule has 1 aliphatic carbocycles. The maximum Gasteiger partial charge on any atom is 0.243 e. The summed E-state index contributed by atoms with van der Waals surface area (Å²) in [5.41, 5.74) is 0. The van der Waals surface area contributed by atoms with Crippen molar-refractivity contribution in [2.75, 3.05) is 13.1 Å². The van der Waals surface area contributed by atoms with Gasteiger partial charge >= 0.3 is 0 Å². The van der Waals surface area contributed by atoms with Crippen molar-refractivity contribution < 1.29 is 13.6 Å². The van der Waals surface area contributed by atoms with Crippen LogP contribution in [0.5, 0.6) is 0 Å². The molecule has 1 aliphatic heterocycles. The second kappa shape index (κ2) is 4.16. The molecule has 1 saturated carbocycles. The molecule has 2 fully saturated rings. The summed E-state index contributed by atoms with van der Waals surface area (Å²) >= 11 is 0. The number of carbonyl (C=O) groups excluding carboxylic acids is 1. The largest absolute Gasteiger partial charge is 0.300 e. The minimum atomic E-state index is -2.20. The van der Waals surface area contributed by atoms with Gasteiger partial charge in [0.1, 0.15) is 5.78 Å². The number of likely N-dealkylation sites (tertiary alicyclic amines) is 1. The van der Waals surface area contributed by atoms with Gasteiger partial charge in [-0.05, 0) is 12.3 Å². The van der Waals surface area contributed by atoms with E-state index < -0.39 is 12.3 Å². The third-order valence-electron chi connectivity index (χ3n) is 3.74. The van der Waals surface area contributed by atoms with Crippen LogP contribution in [0, 0.1) is 11.8 Å². The van der Waals surface area contributed by atoms with Crippen molar-refractivity contribution in [3.05, 3.63) is 0 Å². The standard InChI is InChI=1S/C11H17F2NO/c1-7-2-3-9(15)4-10(7)14-5-8(6-14)11(12)13/h7-8,10-11H,2-6H2,1H3. The van der Waals surface area contributed by atoms with Crippen LogP contribution in [-0.2, 0) is 4.79 Å². The molecule has 2 atom stereocenters. The molecule has 2 unspecified atom stereocenters. The summed E-state index contributed by atoms with van der Waals surface area (Å²) in [4.78, 5) is 13.4. The number of Topliss-reactive ketones (excluding diaryl/α,β-unsaturated/α-hetero) is 1. The van der Waals surface area contributed by atoms with E-state index in [1.165, 1.54) is 0 Å². The molecule has 86 valence electrons. The van der Waals surface area contributed by atoms with E-state index in [0.717, 1.165) is 6.42 Å². The molecule has 0 aromatic heterocycles. The highest BCUT2D eigenvalue weighted by Gasteiger charge is 2.41. The van der Waals surface area contributed by atoms with Gasteiger partial charge in [0, 0.05) is 37.9 Å². The molecule has 1 saturated heterocycles. The Morgan fingerprint density at radius 3 is 2.67 bits per heavy atom. The molecule has 0 radical (unpaired) electrons. The van der Waals surface area contributed by atoms with Gasteiger partial charge in [0.15, 0.2) is 0 Å². The van der Waals surface area contributed by atoms with Crippen LogP contribution in [0.2, 0.25) is 0 Å². The number of alkyl halides is 2. The fourth-order valence-corrected chi connectivity index (χ4v) is 2.59. The molecule has 0 N–H and O–H groups in total. The van der Waals surface area contributed by atoms with E-state index in [9.17, 15) is 13.6 Å². The van der Waals surface area contributed by atoms with Crippen LogP contribution in [0.1, 0.15) is 26.2 Å². The Balaban J connectivity index is 1.86. The quantitative estimate of drug-likeness (QED) is 0.704. The van der Waals surface area contributed by atoms with Crippen LogP contribution >= 0.6 is 0 Å². The Hall–Kier alpha value is -0.510. The Bertz CT molecular complexity index is 251. The maximum atomic E-state index is 12.3. The second-order valence-corrected chi connectivity index (χ2v) is 4.87. The van der Waals surface area contributed by atoms with Gasteiger partial charge in [0.2, 0.25) is 6.43 Å². The number of ketones is 1. The minimum Gasteiger partial charge on any atom is -0.300 e. The van der Waals surface area contributed by atoms with Crippen LogP contribution in [0.3, 0.4) is 0 Å². The molecule has 0 amide bonds. The van der Waals surface area contributed by atoms with Crippen molar-refractivity contribution in [1.29, 1.82) is 0 Å². The zero-order valence-corrected chi connectivity index (χ0v) is 8.96. The normalized spacial score (nSPS) is 34.5. The highest BCUT2D eigenvalue weighted by Crippen LogP contribution is 2.32. The van der Waals surface area contributed by atoms with E-state index >= 15 is 0 Å². The molecular weight excluding hydrogens is 200 g/mol. The third kappa shape index (κ3) is 2.19. The average Bonchev–Trinajstić information content (AvgIpc) is 2.08. The van der Waals surface area contributed by atoms with E-state index in [0.29, 0.717) is 37.6 Å². The molecule has 2 nitrogen and oxygen atoms in total. The van der Waals surface area contributed by atoms with Crippen LogP contribution in [-0.4, -0.2) is 36.2 Å². The monoisotopic (exact) mass is 217 g/mol. The highest BCUT2D eigenvalue weighted by atomic mass is 19.3.